The van der Waals surface area contributed by atoms with Crippen LogP contribution in [0.25, 0.3) is 10.9 Å². The van der Waals surface area contributed by atoms with Gasteiger partial charge in [0.15, 0.2) is 0 Å². The molecule has 1 amide bonds. The van der Waals surface area contributed by atoms with Crippen molar-refractivity contribution in [2.75, 3.05) is 5.32 Å². The Morgan fingerprint density at radius 3 is 2.23 bits per heavy atom. The van der Waals surface area contributed by atoms with E-state index in [0.29, 0.717) is 22.3 Å². The highest BCUT2D eigenvalue weighted by Gasteiger charge is 2.23. The van der Waals surface area contributed by atoms with E-state index in [4.69, 9.17) is 4.74 Å². The minimum Gasteiger partial charge on any atom is -0.457 e. The Morgan fingerprint density at radius 2 is 1.49 bits per heavy atom. The third-order valence-electron chi connectivity index (χ3n) is 6.44. The van der Waals surface area contributed by atoms with Crippen LogP contribution < -0.4 is 21.3 Å². The van der Waals surface area contributed by atoms with Gasteiger partial charge in [0.1, 0.15) is 18.0 Å². The number of carbonyl (C=O) groups is 1. The van der Waals surface area contributed by atoms with Crippen LogP contribution in [0.5, 0.6) is 11.5 Å². The van der Waals surface area contributed by atoms with Gasteiger partial charge >= 0.3 is 5.69 Å². The Kier molecular flexibility index (Phi) is 6.48. The fraction of sp³-hybridized carbons (Fsp3) is 0.250. The summed E-state index contributed by atoms with van der Waals surface area (Å²) >= 11 is 0. The lowest BCUT2D eigenvalue weighted by atomic mass is 9.95. The van der Waals surface area contributed by atoms with Crippen LogP contribution in [0.1, 0.15) is 38.1 Å². The number of anilines is 1. The van der Waals surface area contributed by atoms with Crippen molar-refractivity contribution in [1.82, 2.24) is 9.13 Å². The number of hydrogen-bond donors (Lipinski definition) is 1. The molecule has 1 aromatic heterocycles. The molecule has 3 aromatic carbocycles. The lowest BCUT2D eigenvalue weighted by molar-refractivity contribution is -0.116. The summed E-state index contributed by atoms with van der Waals surface area (Å²) in [4.78, 5) is 39.6. The topological polar surface area (TPSA) is 82.3 Å². The Morgan fingerprint density at radius 1 is 0.829 bits per heavy atom. The number of carbonyl (C=O) groups excluding carboxylic acids is 1. The zero-order chi connectivity index (χ0) is 24.2. The number of benzene rings is 3. The van der Waals surface area contributed by atoms with Crippen LogP contribution in [-0.4, -0.2) is 15.0 Å². The fourth-order valence-corrected chi connectivity index (χ4v) is 4.73. The zero-order valence-electron chi connectivity index (χ0n) is 19.4. The average Bonchev–Trinajstić information content (AvgIpc) is 2.89. The molecular formula is C28H27N3O4. The van der Waals surface area contributed by atoms with Crippen molar-refractivity contribution in [3.63, 3.8) is 0 Å². The van der Waals surface area contributed by atoms with E-state index in [1.54, 1.807) is 48.5 Å². The highest BCUT2D eigenvalue weighted by atomic mass is 16.5. The summed E-state index contributed by atoms with van der Waals surface area (Å²) in [6.45, 7) is -0.186. The molecule has 0 saturated heterocycles. The van der Waals surface area contributed by atoms with E-state index >= 15 is 0 Å². The van der Waals surface area contributed by atoms with E-state index < -0.39 is 5.69 Å². The van der Waals surface area contributed by atoms with Gasteiger partial charge in [-0.15, -0.1) is 0 Å². The predicted molar refractivity (Wildman–Crippen MR) is 136 cm³/mol. The molecule has 7 nitrogen and oxygen atoms in total. The van der Waals surface area contributed by atoms with E-state index in [9.17, 15) is 14.4 Å². The summed E-state index contributed by atoms with van der Waals surface area (Å²) < 4.78 is 8.57. The van der Waals surface area contributed by atoms with E-state index in [1.807, 2.05) is 30.3 Å². The minimum absolute atomic E-state index is 0.125. The molecular weight excluding hydrogens is 442 g/mol. The largest absolute Gasteiger partial charge is 0.457 e. The van der Waals surface area contributed by atoms with E-state index in [1.165, 1.54) is 9.13 Å². The second-order valence-corrected chi connectivity index (χ2v) is 8.84. The summed E-state index contributed by atoms with van der Waals surface area (Å²) in [5.41, 5.74) is 0.357. The first-order valence-electron chi connectivity index (χ1n) is 12.0. The number of rotatable bonds is 6. The number of ether oxygens (including phenoxy) is 1. The molecule has 0 aliphatic heterocycles. The first kappa shape index (κ1) is 22.7. The van der Waals surface area contributed by atoms with Crippen molar-refractivity contribution in [2.45, 2.75) is 44.7 Å². The Labute approximate surface area is 202 Å². The van der Waals surface area contributed by atoms with Crippen molar-refractivity contribution >= 4 is 22.5 Å². The quantitative estimate of drug-likeness (QED) is 0.426. The summed E-state index contributed by atoms with van der Waals surface area (Å²) in [6, 6.07) is 23.3. The smallest absolute Gasteiger partial charge is 0.332 e. The normalized spacial score (nSPS) is 14.1. The van der Waals surface area contributed by atoms with Crippen LogP contribution in [0.4, 0.5) is 5.69 Å². The molecule has 1 fully saturated rings. The predicted octanol–water partition coefficient (Wildman–Crippen LogP) is 5.10. The first-order valence-corrected chi connectivity index (χ1v) is 12.0. The second kappa shape index (κ2) is 10.0. The number of nitrogens with zero attached hydrogens (tertiary/aromatic N) is 2. The molecule has 0 radical (unpaired) electrons. The third-order valence-corrected chi connectivity index (χ3v) is 6.44. The monoisotopic (exact) mass is 469 g/mol. The van der Waals surface area contributed by atoms with Crippen LogP contribution in [0.2, 0.25) is 0 Å². The van der Waals surface area contributed by atoms with Gasteiger partial charge in [0, 0.05) is 11.7 Å². The summed E-state index contributed by atoms with van der Waals surface area (Å²) in [5, 5.41) is 3.30. The van der Waals surface area contributed by atoms with Crippen molar-refractivity contribution in [3.05, 3.63) is 99.7 Å². The Hall–Kier alpha value is -4.13. The molecule has 1 heterocycles. The maximum Gasteiger partial charge on any atom is 0.332 e. The van der Waals surface area contributed by atoms with Gasteiger partial charge in [0.05, 0.1) is 10.9 Å². The highest BCUT2D eigenvalue weighted by molar-refractivity contribution is 5.91. The summed E-state index contributed by atoms with van der Waals surface area (Å²) in [7, 11) is 0. The standard InChI is InChI=1S/C28H27N3O4/c32-26(29-20-15-17-23(18-16-20)35-22-11-5-2-6-12-22)19-30-25-14-8-7-13-24(25)27(33)31(28(30)34)21-9-3-1-4-10-21/h2,5-8,11-18,21H,1,3-4,9-10,19H2,(H,29,32). The molecule has 0 bridgehead atoms. The maximum atomic E-state index is 13.4. The summed E-state index contributed by atoms with van der Waals surface area (Å²) in [6.07, 6.45) is 4.71. The van der Waals surface area contributed by atoms with Gasteiger partial charge in [-0.05, 0) is 61.4 Å². The van der Waals surface area contributed by atoms with E-state index in [-0.39, 0.29) is 24.1 Å². The van der Waals surface area contributed by atoms with E-state index in [0.717, 1.165) is 37.9 Å². The number of hydrogen-bond acceptors (Lipinski definition) is 4. The van der Waals surface area contributed by atoms with Gasteiger partial charge in [-0.2, -0.15) is 0 Å². The van der Waals surface area contributed by atoms with Crippen LogP contribution in [0.15, 0.2) is 88.5 Å². The molecule has 1 N–H and O–H groups in total. The Balaban J connectivity index is 1.38. The van der Waals surface area contributed by atoms with Gasteiger partial charge in [-0.25, -0.2) is 4.79 Å². The number of nitrogens with one attached hydrogen (secondary N) is 1. The van der Waals surface area contributed by atoms with E-state index in [2.05, 4.69) is 5.32 Å². The molecule has 0 spiro atoms. The zero-order valence-corrected chi connectivity index (χ0v) is 19.4. The highest BCUT2D eigenvalue weighted by Crippen LogP contribution is 2.26. The van der Waals surface area contributed by atoms with Crippen LogP contribution in [-0.2, 0) is 11.3 Å². The second-order valence-electron chi connectivity index (χ2n) is 8.84. The van der Waals surface area contributed by atoms with Gasteiger partial charge in [0.25, 0.3) is 5.56 Å². The summed E-state index contributed by atoms with van der Waals surface area (Å²) in [5.74, 6) is 1.03. The third kappa shape index (κ3) is 4.89. The molecule has 4 aromatic rings. The lowest BCUT2D eigenvalue weighted by Crippen LogP contribution is -2.44. The van der Waals surface area contributed by atoms with Crippen LogP contribution in [0.3, 0.4) is 0 Å². The fourth-order valence-electron chi connectivity index (χ4n) is 4.73. The van der Waals surface area contributed by atoms with Crippen molar-refractivity contribution in [1.29, 1.82) is 0 Å². The van der Waals surface area contributed by atoms with Crippen molar-refractivity contribution in [3.8, 4) is 11.5 Å². The van der Waals surface area contributed by atoms with Gasteiger partial charge in [0.2, 0.25) is 5.91 Å². The molecule has 7 heteroatoms. The van der Waals surface area contributed by atoms with Crippen molar-refractivity contribution < 1.29 is 9.53 Å². The molecule has 35 heavy (non-hydrogen) atoms. The number of para-hydroxylation sites is 2. The number of aromatic nitrogens is 2. The Bertz CT molecular complexity index is 1450. The van der Waals surface area contributed by atoms with Gasteiger partial charge in [-0.1, -0.05) is 49.6 Å². The number of amides is 1. The minimum atomic E-state index is -0.428. The molecule has 1 aliphatic rings. The first-order chi connectivity index (χ1) is 17.1. The van der Waals surface area contributed by atoms with Crippen LogP contribution >= 0.6 is 0 Å². The maximum absolute atomic E-state index is 13.4. The van der Waals surface area contributed by atoms with Gasteiger partial charge < -0.3 is 10.1 Å². The molecule has 1 saturated carbocycles. The average molecular weight is 470 g/mol. The van der Waals surface area contributed by atoms with Gasteiger partial charge in [-0.3, -0.25) is 18.7 Å². The molecule has 5 rings (SSSR count). The lowest BCUT2D eigenvalue weighted by Gasteiger charge is -2.24. The molecule has 0 atom stereocenters. The molecule has 1 aliphatic carbocycles. The SMILES string of the molecule is O=C(Cn1c(=O)n(C2CCCCC2)c(=O)c2ccccc21)Nc1ccc(Oc2ccccc2)cc1. The molecule has 0 unspecified atom stereocenters. The van der Waals surface area contributed by atoms with Crippen molar-refractivity contribution in [2.24, 2.45) is 0 Å². The van der Waals surface area contributed by atoms with Crippen LogP contribution in [0, 0.1) is 0 Å². The molecule has 178 valence electrons. The number of fused-ring (bicyclic) bond motifs is 1.